The van der Waals surface area contributed by atoms with Gasteiger partial charge < -0.3 is 4.90 Å². The molecule has 0 atom stereocenters. The maximum atomic E-state index is 4.45. The van der Waals surface area contributed by atoms with Crippen molar-refractivity contribution in [3.05, 3.63) is 42.1 Å². The van der Waals surface area contributed by atoms with Gasteiger partial charge >= 0.3 is 0 Å². The zero-order valence-corrected chi connectivity index (χ0v) is 9.64. The first kappa shape index (κ1) is 11.5. The van der Waals surface area contributed by atoms with E-state index in [1.54, 1.807) is 0 Å². The summed E-state index contributed by atoms with van der Waals surface area (Å²) in [5.41, 5.74) is 2.15. The quantitative estimate of drug-likeness (QED) is 0.685. The predicted octanol–water partition coefficient (Wildman–Crippen LogP) is 3.03. The molecule has 0 heterocycles. The minimum Gasteiger partial charge on any atom is -0.382 e. The lowest BCUT2D eigenvalue weighted by molar-refractivity contribution is 0.565. The topological polar surface area (TPSA) is 15.6 Å². The van der Waals surface area contributed by atoms with E-state index in [4.69, 9.17) is 0 Å². The van der Waals surface area contributed by atoms with Gasteiger partial charge in [-0.05, 0) is 6.42 Å². The highest BCUT2D eigenvalue weighted by atomic mass is 15.0. The standard InChI is InChI=1S/C13H18N2/c1-4-10-14-13(11-15(2)3)12-8-6-5-7-9-12/h5-11H,4H2,1-3H3/b13-11-,14-10?. The van der Waals surface area contributed by atoms with Gasteiger partial charge in [0.05, 0.1) is 5.70 Å². The summed E-state index contributed by atoms with van der Waals surface area (Å²) in [7, 11) is 4.01. The van der Waals surface area contributed by atoms with Crippen molar-refractivity contribution in [2.24, 2.45) is 4.99 Å². The largest absolute Gasteiger partial charge is 0.382 e. The van der Waals surface area contributed by atoms with Crippen LogP contribution in [0.2, 0.25) is 0 Å². The van der Waals surface area contributed by atoms with E-state index in [0.717, 1.165) is 17.7 Å². The van der Waals surface area contributed by atoms with Crippen molar-refractivity contribution in [3.63, 3.8) is 0 Å². The van der Waals surface area contributed by atoms with Gasteiger partial charge in [-0.3, -0.25) is 4.99 Å². The van der Waals surface area contributed by atoms with Crippen LogP contribution in [0, 0.1) is 0 Å². The van der Waals surface area contributed by atoms with Crippen LogP contribution in [0.4, 0.5) is 0 Å². The highest BCUT2D eigenvalue weighted by Gasteiger charge is 1.97. The second-order valence-corrected chi connectivity index (χ2v) is 3.56. The molecule has 1 rings (SSSR count). The second-order valence-electron chi connectivity index (χ2n) is 3.56. The lowest BCUT2D eigenvalue weighted by Crippen LogP contribution is -2.02. The van der Waals surface area contributed by atoms with Crippen LogP contribution in [0.25, 0.3) is 5.70 Å². The van der Waals surface area contributed by atoms with E-state index in [0.29, 0.717) is 0 Å². The average Bonchev–Trinajstić information content (AvgIpc) is 2.25. The van der Waals surface area contributed by atoms with E-state index >= 15 is 0 Å². The lowest BCUT2D eigenvalue weighted by atomic mass is 10.2. The van der Waals surface area contributed by atoms with E-state index in [-0.39, 0.29) is 0 Å². The molecule has 0 aliphatic carbocycles. The highest BCUT2D eigenvalue weighted by molar-refractivity contribution is 5.73. The Labute approximate surface area is 92.0 Å². The fourth-order valence-corrected chi connectivity index (χ4v) is 1.23. The average molecular weight is 202 g/mol. The number of nitrogens with zero attached hydrogens (tertiary/aromatic N) is 2. The van der Waals surface area contributed by atoms with Crippen molar-refractivity contribution in [2.45, 2.75) is 13.3 Å². The summed E-state index contributed by atoms with van der Waals surface area (Å²) in [6.07, 6.45) is 4.92. The molecule has 0 unspecified atom stereocenters. The van der Waals surface area contributed by atoms with Crippen LogP contribution in [-0.4, -0.2) is 25.2 Å². The Bertz CT molecular complexity index is 337. The van der Waals surface area contributed by atoms with Gasteiger partial charge in [0.25, 0.3) is 0 Å². The van der Waals surface area contributed by atoms with Crippen molar-refractivity contribution in [1.29, 1.82) is 0 Å². The second kappa shape index (κ2) is 6.02. The van der Waals surface area contributed by atoms with Crippen LogP contribution in [-0.2, 0) is 0 Å². The normalized spacial score (nSPS) is 12.1. The molecule has 80 valence electrons. The maximum absolute atomic E-state index is 4.45. The van der Waals surface area contributed by atoms with Gasteiger partial charge in [-0.25, -0.2) is 0 Å². The Balaban J connectivity index is 2.97. The van der Waals surface area contributed by atoms with Gasteiger partial charge in [-0.15, -0.1) is 0 Å². The van der Waals surface area contributed by atoms with Gasteiger partial charge in [0.1, 0.15) is 0 Å². The Morgan fingerprint density at radius 1 is 1.27 bits per heavy atom. The first-order chi connectivity index (χ1) is 7.24. The Kier molecular flexibility index (Phi) is 4.61. The molecule has 0 N–H and O–H groups in total. The summed E-state index contributed by atoms with van der Waals surface area (Å²) in [5.74, 6) is 0. The third-order valence-corrected chi connectivity index (χ3v) is 1.86. The fourth-order valence-electron chi connectivity index (χ4n) is 1.23. The molecule has 0 radical (unpaired) electrons. The molecule has 0 aliphatic rings. The summed E-state index contributed by atoms with van der Waals surface area (Å²) in [6, 6.07) is 10.2. The van der Waals surface area contributed by atoms with Crippen LogP contribution in [0.1, 0.15) is 18.9 Å². The molecule has 0 aromatic heterocycles. The van der Waals surface area contributed by atoms with Crippen molar-refractivity contribution in [2.75, 3.05) is 14.1 Å². The van der Waals surface area contributed by atoms with Crippen LogP contribution >= 0.6 is 0 Å². The first-order valence-electron chi connectivity index (χ1n) is 5.20. The molecule has 1 aromatic rings. The lowest BCUT2D eigenvalue weighted by Gasteiger charge is -2.08. The minimum atomic E-state index is 0.956. The van der Waals surface area contributed by atoms with Gasteiger partial charge in [-0.1, -0.05) is 37.3 Å². The Hall–Kier alpha value is -1.57. The van der Waals surface area contributed by atoms with E-state index in [1.165, 1.54) is 0 Å². The van der Waals surface area contributed by atoms with Crippen molar-refractivity contribution < 1.29 is 0 Å². The number of hydrogen-bond donors (Lipinski definition) is 0. The molecule has 0 bridgehead atoms. The van der Waals surface area contributed by atoms with Crippen molar-refractivity contribution >= 4 is 11.9 Å². The third kappa shape index (κ3) is 3.98. The van der Waals surface area contributed by atoms with E-state index in [9.17, 15) is 0 Å². The smallest absolute Gasteiger partial charge is 0.0856 e. The van der Waals surface area contributed by atoms with Gasteiger partial charge in [0, 0.05) is 32.1 Å². The van der Waals surface area contributed by atoms with Crippen LogP contribution in [0.15, 0.2) is 41.5 Å². The van der Waals surface area contributed by atoms with Gasteiger partial charge in [0.2, 0.25) is 0 Å². The van der Waals surface area contributed by atoms with Gasteiger partial charge in [0.15, 0.2) is 0 Å². The predicted molar refractivity (Wildman–Crippen MR) is 66.9 cm³/mol. The monoisotopic (exact) mass is 202 g/mol. The minimum absolute atomic E-state index is 0.956. The molecule has 2 heteroatoms. The van der Waals surface area contributed by atoms with Crippen LogP contribution in [0.5, 0.6) is 0 Å². The molecule has 1 aromatic carbocycles. The Morgan fingerprint density at radius 2 is 1.93 bits per heavy atom. The summed E-state index contributed by atoms with van der Waals surface area (Å²) < 4.78 is 0. The zero-order chi connectivity index (χ0) is 11.1. The third-order valence-electron chi connectivity index (χ3n) is 1.86. The molecule has 0 saturated heterocycles. The molecule has 0 spiro atoms. The van der Waals surface area contributed by atoms with Crippen molar-refractivity contribution in [3.8, 4) is 0 Å². The number of benzene rings is 1. The van der Waals surface area contributed by atoms with Crippen LogP contribution in [0.3, 0.4) is 0 Å². The molecule has 15 heavy (non-hydrogen) atoms. The molecule has 0 amide bonds. The summed E-state index contributed by atoms with van der Waals surface area (Å²) in [6.45, 7) is 2.09. The number of rotatable bonds is 4. The van der Waals surface area contributed by atoms with E-state index in [1.807, 2.05) is 49.6 Å². The van der Waals surface area contributed by atoms with Crippen LogP contribution < -0.4 is 0 Å². The highest BCUT2D eigenvalue weighted by Crippen LogP contribution is 2.15. The van der Waals surface area contributed by atoms with Gasteiger partial charge in [-0.2, -0.15) is 0 Å². The SMILES string of the molecule is CCC=N/C(=C\N(C)C)c1ccccc1. The molecular weight excluding hydrogens is 184 g/mol. The molecule has 0 fully saturated rings. The Morgan fingerprint density at radius 3 is 2.47 bits per heavy atom. The van der Waals surface area contributed by atoms with E-state index in [2.05, 4.69) is 24.0 Å². The van der Waals surface area contributed by atoms with Crippen molar-refractivity contribution in [1.82, 2.24) is 4.90 Å². The fraction of sp³-hybridized carbons (Fsp3) is 0.308. The number of hydrogen-bond acceptors (Lipinski definition) is 2. The zero-order valence-electron chi connectivity index (χ0n) is 9.64. The number of aliphatic imine (C=N–C) groups is 1. The first-order valence-corrected chi connectivity index (χ1v) is 5.20. The maximum Gasteiger partial charge on any atom is 0.0856 e. The summed E-state index contributed by atoms with van der Waals surface area (Å²) in [4.78, 5) is 6.46. The molecule has 2 nitrogen and oxygen atoms in total. The molecular formula is C13H18N2. The molecule has 0 saturated carbocycles. The summed E-state index contributed by atoms with van der Waals surface area (Å²) >= 11 is 0. The van der Waals surface area contributed by atoms with E-state index < -0.39 is 0 Å². The summed E-state index contributed by atoms with van der Waals surface area (Å²) in [5, 5.41) is 0. The molecule has 0 aliphatic heterocycles.